The summed E-state index contributed by atoms with van der Waals surface area (Å²) in [7, 11) is 0. The minimum atomic E-state index is -0.659. The van der Waals surface area contributed by atoms with Gasteiger partial charge in [0.1, 0.15) is 12.1 Å². The van der Waals surface area contributed by atoms with E-state index in [4.69, 9.17) is 4.74 Å². The van der Waals surface area contributed by atoms with E-state index in [1.807, 2.05) is 39.0 Å². The number of hydrogen-bond acceptors (Lipinski definition) is 4. The molecule has 0 atom stereocenters. The van der Waals surface area contributed by atoms with Crippen LogP contribution in [-0.4, -0.2) is 41.1 Å². The third-order valence-electron chi connectivity index (χ3n) is 7.11. The lowest BCUT2D eigenvalue weighted by molar-refractivity contribution is -0.117. The smallest absolute Gasteiger partial charge is 0.410 e. The molecular formula is C32H47N3O3. The average molecular weight is 522 g/mol. The van der Waals surface area contributed by atoms with Gasteiger partial charge in [-0.25, -0.2) is 4.79 Å². The largest absolute Gasteiger partial charge is 0.444 e. The molecule has 2 aromatic rings. The summed E-state index contributed by atoms with van der Waals surface area (Å²) < 4.78 is 5.79. The van der Waals surface area contributed by atoms with E-state index >= 15 is 0 Å². The third-order valence-corrected chi connectivity index (χ3v) is 7.11. The maximum Gasteiger partial charge on any atom is 0.410 e. The molecule has 0 bridgehead atoms. The van der Waals surface area contributed by atoms with Gasteiger partial charge in [-0.05, 0) is 68.7 Å². The van der Waals surface area contributed by atoms with Gasteiger partial charge in [-0.15, -0.1) is 0 Å². The van der Waals surface area contributed by atoms with Gasteiger partial charge in [-0.2, -0.15) is 0 Å². The highest BCUT2D eigenvalue weighted by Crippen LogP contribution is 2.34. The number of anilines is 2. The van der Waals surface area contributed by atoms with Crippen LogP contribution >= 0.6 is 0 Å². The zero-order chi connectivity index (χ0) is 27.9. The van der Waals surface area contributed by atoms with Crippen molar-refractivity contribution in [2.75, 3.05) is 23.7 Å². The molecule has 1 saturated carbocycles. The summed E-state index contributed by atoms with van der Waals surface area (Å²) in [6, 6.07) is 16.3. The number of nitrogens with one attached hydrogen (secondary N) is 2. The molecule has 6 heteroatoms. The summed E-state index contributed by atoms with van der Waals surface area (Å²) in [5.74, 6) is 0.301. The number of para-hydroxylation sites is 2. The first kappa shape index (κ1) is 29.5. The van der Waals surface area contributed by atoms with Crippen molar-refractivity contribution < 1.29 is 14.3 Å². The van der Waals surface area contributed by atoms with Gasteiger partial charge in [0, 0.05) is 17.9 Å². The Kier molecular flexibility index (Phi) is 9.86. The number of nitrogens with zero attached hydrogens (tertiary/aromatic N) is 1. The maximum absolute atomic E-state index is 13.6. The number of carbonyl (C=O) groups excluding carboxylic acids is 2. The second kappa shape index (κ2) is 12.7. The van der Waals surface area contributed by atoms with Crippen molar-refractivity contribution in [3.05, 3.63) is 59.7 Å². The van der Waals surface area contributed by atoms with E-state index in [2.05, 4.69) is 68.7 Å². The summed E-state index contributed by atoms with van der Waals surface area (Å²) in [4.78, 5) is 28.6. The molecular weight excluding hydrogens is 474 g/mol. The fraction of sp³-hybridized carbons (Fsp3) is 0.562. The van der Waals surface area contributed by atoms with Crippen LogP contribution in [0.25, 0.3) is 0 Å². The molecule has 1 aliphatic carbocycles. The van der Waals surface area contributed by atoms with E-state index in [1.165, 1.54) is 6.42 Å². The molecule has 0 spiro atoms. The molecule has 6 nitrogen and oxygen atoms in total. The van der Waals surface area contributed by atoms with Gasteiger partial charge >= 0.3 is 6.09 Å². The molecule has 0 aliphatic heterocycles. The predicted molar refractivity (Wildman–Crippen MR) is 157 cm³/mol. The Hall–Kier alpha value is -3.02. The lowest BCUT2D eigenvalue weighted by Gasteiger charge is -2.42. The van der Waals surface area contributed by atoms with Crippen LogP contribution in [-0.2, 0) is 9.53 Å². The Morgan fingerprint density at radius 3 is 2.00 bits per heavy atom. The van der Waals surface area contributed by atoms with Crippen molar-refractivity contribution in [3.63, 3.8) is 0 Å². The summed E-state index contributed by atoms with van der Waals surface area (Å²) in [5.41, 5.74) is 3.10. The van der Waals surface area contributed by atoms with Crippen LogP contribution in [0.5, 0.6) is 0 Å². The monoisotopic (exact) mass is 521 g/mol. The van der Waals surface area contributed by atoms with Crippen molar-refractivity contribution in [2.45, 2.75) is 104 Å². The van der Waals surface area contributed by atoms with Crippen molar-refractivity contribution in [1.29, 1.82) is 0 Å². The Labute approximate surface area is 229 Å². The standard InChI is InChI=1S/C32H47N3O3/c1-23(2)26-17-14-18-27(24(3)4)29(26)33-28(36)21-35(30(37)38-31(5,6)7)22-32(19-12-9-13-20-32)34-25-15-10-8-11-16-25/h8,10-11,14-18,23-24,34H,9,12-13,19-22H2,1-7H3,(H,33,36). The van der Waals surface area contributed by atoms with E-state index in [9.17, 15) is 9.59 Å². The maximum atomic E-state index is 13.6. The lowest BCUT2D eigenvalue weighted by atomic mass is 9.81. The van der Waals surface area contributed by atoms with E-state index in [0.29, 0.717) is 6.54 Å². The van der Waals surface area contributed by atoms with E-state index in [1.54, 1.807) is 4.90 Å². The number of carbonyl (C=O) groups is 2. The second-order valence-electron chi connectivity index (χ2n) is 12.3. The molecule has 1 fully saturated rings. The minimum absolute atomic E-state index is 0.0723. The average Bonchev–Trinajstić information content (AvgIpc) is 2.83. The summed E-state index contributed by atoms with van der Waals surface area (Å²) in [6.07, 6.45) is 4.72. The normalized spacial score (nSPS) is 15.3. The summed E-state index contributed by atoms with van der Waals surface area (Å²) in [6.45, 7) is 14.4. The fourth-order valence-electron chi connectivity index (χ4n) is 5.30. The molecule has 2 aromatic carbocycles. The number of ether oxygens (including phenoxy) is 1. The Balaban J connectivity index is 1.89. The Morgan fingerprint density at radius 2 is 1.47 bits per heavy atom. The number of amides is 2. The molecule has 3 rings (SSSR count). The van der Waals surface area contributed by atoms with Crippen LogP contribution in [0.15, 0.2) is 48.5 Å². The third kappa shape index (κ3) is 8.24. The van der Waals surface area contributed by atoms with Gasteiger partial charge in [0.2, 0.25) is 5.91 Å². The Bertz CT molecular complexity index is 1040. The highest BCUT2D eigenvalue weighted by Gasteiger charge is 2.37. The van der Waals surface area contributed by atoms with Gasteiger partial charge < -0.3 is 15.4 Å². The summed E-state index contributed by atoms with van der Waals surface area (Å²) >= 11 is 0. The van der Waals surface area contributed by atoms with Crippen LogP contribution in [0.2, 0.25) is 0 Å². The topological polar surface area (TPSA) is 70.7 Å². The number of rotatable bonds is 9. The molecule has 1 aliphatic rings. The molecule has 0 aromatic heterocycles. The lowest BCUT2D eigenvalue weighted by Crippen LogP contribution is -2.54. The van der Waals surface area contributed by atoms with Crippen molar-refractivity contribution in [3.8, 4) is 0 Å². The first-order chi connectivity index (χ1) is 17.9. The van der Waals surface area contributed by atoms with Crippen LogP contribution < -0.4 is 10.6 Å². The highest BCUT2D eigenvalue weighted by atomic mass is 16.6. The van der Waals surface area contributed by atoms with Crippen LogP contribution in [0.1, 0.15) is 104 Å². The molecule has 0 saturated heterocycles. The molecule has 0 unspecified atom stereocenters. The van der Waals surface area contributed by atoms with E-state index in [0.717, 1.165) is 48.2 Å². The van der Waals surface area contributed by atoms with Crippen LogP contribution in [0.4, 0.5) is 16.2 Å². The number of benzene rings is 2. The molecule has 2 N–H and O–H groups in total. The zero-order valence-corrected chi connectivity index (χ0v) is 24.4. The van der Waals surface area contributed by atoms with Crippen LogP contribution in [0, 0.1) is 0 Å². The zero-order valence-electron chi connectivity index (χ0n) is 24.4. The predicted octanol–water partition coefficient (Wildman–Crippen LogP) is 7.92. The van der Waals surface area contributed by atoms with E-state index < -0.39 is 11.7 Å². The first-order valence-electron chi connectivity index (χ1n) is 14.1. The summed E-state index contributed by atoms with van der Waals surface area (Å²) in [5, 5.41) is 6.91. The molecule has 0 radical (unpaired) electrons. The highest BCUT2D eigenvalue weighted by molar-refractivity contribution is 5.95. The van der Waals surface area contributed by atoms with Gasteiger partial charge in [0.25, 0.3) is 0 Å². The minimum Gasteiger partial charge on any atom is -0.444 e. The van der Waals surface area contributed by atoms with Gasteiger partial charge in [0.15, 0.2) is 0 Å². The Morgan fingerprint density at radius 1 is 0.895 bits per heavy atom. The fourth-order valence-corrected chi connectivity index (χ4v) is 5.30. The van der Waals surface area contributed by atoms with Crippen molar-refractivity contribution in [1.82, 2.24) is 4.90 Å². The van der Waals surface area contributed by atoms with Crippen molar-refractivity contribution >= 4 is 23.4 Å². The first-order valence-corrected chi connectivity index (χ1v) is 14.1. The SMILES string of the molecule is CC(C)c1cccc(C(C)C)c1NC(=O)CN(CC1(Nc2ccccc2)CCCCC1)C(=O)OC(C)(C)C. The second-order valence-corrected chi connectivity index (χ2v) is 12.3. The van der Waals surface area contributed by atoms with E-state index in [-0.39, 0.29) is 29.8 Å². The molecule has 208 valence electrons. The van der Waals surface area contributed by atoms with Crippen LogP contribution in [0.3, 0.4) is 0 Å². The van der Waals surface area contributed by atoms with Gasteiger partial charge in [-0.3, -0.25) is 9.69 Å². The number of hydrogen-bond donors (Lipinski definition) is 2. The van der Waals surface area contributed by atoms with Gasteiger partial charge in [0.05, 0.1) is 5.54 Å². The van der Waals surface area contributed by atoms with Crippen molar-refractivity contribution in [2.24, 2.45) is 0 Å². The van der Waals surface area contributed by atoms with Gasteiger partial charge in [-0.1, -0.05) is 83.4 Å². The molecule has 38 heavy (non-hydrogen) atoms. The molecule has 0 heterocycles. The quantitative estimate of drug-likeness (QED) is 0.351. The molecule has 2 amide bonds.